The minimum atomic E-state index is 0.0528. The van der Waals surface area contributed by atoms with Gasteiger partial charge in [-0.1, -0.05) is 42.5 Å². The number of nitrogens with zero attached hydrogens (tertiary/aromatic N) is 2. The molecular weight excluding hydrogens is 348 g/mol. The number of carbonyl (C=O) groups is 2. The molecule has 0 atom stereocenters. The third-order valence-corrected chi connectivity index (χ3v) is 5.59. The van der Waals surface area contributed by atoms with E-state index in [1.54, 1.807) is 0 Å². The molecular formula is C24H30N2O2. The summed E-state index contributed by atoms with van der Waals surface area (Å²) in [5.74, 6) is 0.149. The third kappa shape index (κ3) is 5.52. The van der Waals surface area contributed by atoms with Crippen LogP contribution >= 0.6 is 0 Å². The van der Waals surface area contributed by atoms with Crippen molar-refractivity contribution in [2.45, 2.75) is 39.7 Å². The summed E-state index contributed by atoms with van der Waals surface area (Å²) in [6.45, 7) is 8.37. The Hall–Kier alpha value is -2.46. The zero-order valence-corrected chi connectivity index (χ0v) is 17.0. The molecule has 1 saturated heterocycles. The van der Waals surface area contributed by atoms with Gasteiger partial charge in [0.1, 0.15) is 0 Å². The van der Waals surface area contributed by atoms with Crippen LogP contribution in [0.2, 0.25) is 0 Å². The summed E-state index contributed by atoms with van der Waals surface area (Å²) in [6.07, 6.45) is 1.56. The molecule has 2 aromatic carbocycles. The molecule has 0 aliphatic carbocycles. The lowest BCUT2D eigenvalue weighted by Gasteiger charge is -2.22. The van der Waals surface area contributed by atoms with Crippen LogP contribution in [-0.4, -0.2) is 47.7 Å². The van der Waals surface area contributed by atoms with Crippen LogP contribution in [0, 0.1) is 13.8 Å². The summed E-state index contributed by atoms with van der Waals surface area (Å²) >= 11 is 0. The van der Waals surface area contributed by atoms with E-state index in [1.165, 1.54) is 11.1 Å². The molecule has 0 aromatic heterocycles. The van der Waals surface area contributed by atoms with Crippen LogP contribution in [0.3, 0.4) is 0 Å². The maximum Gasteiger partial charge on any atom is 0.223 e. The van der Waals surface area contributed by atoms with Gasteiger partial charge in [0.05, 0.1) is 0 Å². The van der Waals surface area contributed by atoms with Crippen molar-refractivity contribution in [2.24, 2.45) is 0 Å². The number of carbonyl (C=O) groups excluding carboxylic acids is 2. The Bertz CT molecular complexity index is 817. The van der Waals surface area contributed by atoms with Gasteiger partial charge in [0.2, 0.25) is 5.91 Å². The zero-order chi connectivity index (χ0) is 19.9. The highest BCUT2D eigenvalue weighted by atomic mass is 16.2. The van der Waals surface area contributed by atoms with Crippen molar-refractivity contribution in [3.63, 3.8) is 0 Å². The second kappa shape index (κ2) is 9.65. The summed E-state index contributed by atoms with van der Waals surface area (Å²) in [5.41, 5.74) is 4.31. The van der Waals surface area contributed by atoms with Crippen molar-refractivity contribution < 1.29 is 9.59 Å². The van der Waals surface area contributed by atoms with Gasteiger partial charge in [-0.3, -0.25) is 14.5 Å². The van der Waals surface area contributed by atoms with E-state index in [4.69, 9.17) is 0 Å². The molecule has 28 heavy (non-hydrogen) atoms. The Morgan fingerprint density at radius 3 is 2.39 bits per heavy atom. The van der Waals surface area contributed by atoms with E-state index < -0.39 is 0 Å². The van der Waals surface area contributed by atoms with Gasteiger partial charge in [0, 0.05) is 51.1 Å². The Morgan fingerprint density at radius 2 is 1.64 bits per heavy atom. The first kappa shape index (κ1) is 20.3. The average Bonchev–Trinajstić information content (AvgIpc) is 2.94. The van der Waals surface area contributed by atoms with Crippen molar-refractivity contribution in [1.82, 2.24) is 9.80 Å². The van der Waals surface area contributed by atoms with E-state index >= 15 is 0 Å². The topological polar surface area (TPSA) is 40.6 Å². The first-order chi connectivity index (χ1) is 13.5. The lowest BCUT2D eigenvalue weighted by molar-refractivity contribution is -0.131. The number of hydrogen-bond donors (Lipinski definition) is 0. The SMILES string of the molecule is Cc1ccc(C(=O)CCC(=O)N2CCCN(Cc3ccccc3)CC2)cc1C. The van der Waals surface area contributed by atoms with Gasteiger partial charge in [0.25, 0.3) is 0 Å². The normalized spacial score (nSPS) is 15.3. The van der Waals surface area contributed by atoms with Gasteiger partial charge >= 0.3 is 0 Å². The van der Waals surface area contributed by atoms with Crippen LogP contribution < -0.4 is 0 Å². The molecule has 0 bridgehead atoms. The second-order valence-corrected chi connectivity index (χ2v) is 7.72. The summed E-state index contributed by atoms with van der Waals surface area (Å²) in [7, 11) is 0. The van der Waals surface area contributed by atoms with Crippen LogP contribution in [0.5, 0.6) is 0 Å². The smallest absolute Gasteiger partial charge is 0.223 e. The van der Waals surface area contributed by atoms with Crippen molar-refractivity contribution in [3.05, 3.63) is 70.8 Å². The summed E-state index contributed by atoms with van der Waals surface area (Å²) in [4.78, 5) is 29.4. The number of aryl methyl sites for hydroxylation is 2. The molecule has 148 valence electrons. The number of amides is 1. The predicted octanol–water partition coefficient (Wildman–Crippen LogP) is 4.00. The standard InChI is InChI=1S/C24H30N2O2/c1-19-9-10-22(17-20(19)2)23(27)11-12-24(28)26-14-6-13-25(15-16-26)18-21-7-4-3-5-8-21/h3-5,7-10,17H,6,11-16,18H2,1-2H3. The van der Waals surface area contributed by atoms with E-state index in [0.29, 0.717) is 12.0 Å². The molecule has 0 unspecified atom stereocenters. The van der Waals surface area contributed by atoms with E-state index in [9.17, 15) is 9.59 Å². The Balaban J connectivity index is 1.48. The van der Waals surface area contributed by atoms with Gasteiger partial charge in [-0.2, -0.15) is 0 Å². The number of ketones is 1. The number of benzene rings is 2. The minimum Gasteiger partial charge on any atom is -0.341 e. The molecule has 1 aliphatic heterocycles. The van der Waals surface area contributed by atoms with Crippen molar-refractivity contribution in [3.8, 4) is 0 Å². The van der Waals surface area contributed by atoms with Gasteiger partial charge < -0.3 is 4.90 Å². The maximum atomic E-state index is 12.6. The van der Waals surface area contributed by atoms with Gasteiger partial charge in [-0.15, -0.1) is 0 Å². The quantitative estimate of drug-likeness (QED) is 0.714. The molecule has 1 amide bonds. The first-order valence-electron chi connectivity index (χ1n) is 10.2. The van der Waals surface area contributed by atoms with E-state index in [1.807, 2.05) is 43.0 Å². The summed E-state index contributed by atoms with van der Waals surface area (Å²) in [5, 5.41) is 0. The van der Waals surface area contributed by atoms with Crippen LogP contribution in [0.4, 0.5) is 0 Å². The van der Waals surface area contributed by atoms with Crippen LogP contribution in [0.15, 0.2) is 48.5 Å². The largest absolute Gasteiger partial charge is 0.341 e. The molecule has 1 heterocycles. The Morgan fingerprint density at radius 1 is 0.857 bits per heavy atom. The highest BCUT2D eigenvalue weighted by Gasteiger charge is 2.20. The van der Waals surface area contributed by atoms with Gasteiger partial charge in [0.15, 0.2) is 5.78 Å². The van der Waals surface area contributed by atoms with E-state index in [-0.39, 0.29) is 18.1 Å². The third-order valence-electron chi connectivity index (χ3n) is 5.59. The monoisotopic (exact) mass is 378 g/mol. The first-order valence-corrected chi connectivity index (χ1v) is 10.2. The maximum absolute atomic E-state index is 12.6. The summed E-state index contributed by atoms with van der Waals surface area (Å²) in [6, 6.07) is 16.2. The van der Waals surface area contributed by atoms with Crippen LogP contribution in [-0.2, 0) is 11.3 Å². The lowest BCUT2D eigenvalue weighted by atomic mass is 10.0. The highest BCUT2D eigenvalue weighted by Crippen LogP contribution is 2.14. The fourth-order valence-corrected chi connectivity index (χ4v) is 3.66. The van der Waals surface area contributed by atoms with Crippen molar-refractivity contribution >= 4 is 11.7 Å². The zero-order valence-electron chi connectivity index (χ0n) is 17.0. The Labute approximate surface area is 168 Å². The number of Topliss-reactive ketones (excluding diaryl/α,β-unsaturated/α-hetero) is 1. The Kier molecular flexibility index (Phi) is 6.99. The second-order valence-electron chi connectivity index (χ2n) is 7.72. The fourth-order valence-electron chi connectivity index (χ4n) is 3.66. The van der Waals surface area contributed by atoms with Crippen LogP contribution in [0.1, 0.15) is 46.3 Å². The molecule has 2 aromatic rings. The molecule has 4 heteroatoms. The molecule has 0 N–H and O–H groups in total. The lowest BCUT2D eigenvalue weighted by Crippen LogP contribution is -2.35. The summed E-state index contributed by atoms with van der Waals surface area (Å²) < 4.78 is 0. The van der Waals surface area contributed by atoms with Gasteiger partial charge in [-0.05, 0) is 43.0 Å². The fraction of sp³-hybridized carbons (Fsp3) is 0.417. The molecule has 0 spiro atoms. The molecule has 0 saturated carbocycles. The van der Waals surface area contributed by atoms with E-state index in [0.717, 1.165) is 44.7 Å². The van der Waals surface area contributed by atoms with E-state index in [2.05, 4.69) is 29.2 Å². The van der Waals surface area contributed by atoms with Gasteiger partial charge in [-0.25, -0.2) is 0 Å². The van der Waals surface area contributed by atoms with Crippen LogP contribution in [0.25, 0.3) is 0 Å². The number of hydrogen-bond acceptors (Lipinski definition) is 3. The predicted molar refractivity (Wildman–Crippen MR) is 112 cm³/mol. The molecule has 0 radical (unpaired) electrons. The van der Waals surface area contributed by atoms with Crippen molar-refractivity contribution in [2.75, 3.05) is 26.2 Å². The van der Waals surface area contributed by atoms with Crippen molar-refractivity contribution in [1.29, 1.82) is 0 Å². The number of rotatable bonds is 6. The molecule has 3 rings (SSSR count). The molecule has 4 nitrogen and oxygen atoms in total. The average molecular weight is 379 g/mol. The molecule has 1 aliphatic rings. The molecule has 1 fully saturated rings. The highest BCUT2D eigenvalue weighted by molar-refractivity contribution is 5.98. The minimum absolute atomic E-state index is 0.0528.